The predicted octanol–water partition coefficient (Wildman–Crippen LogP) is 2.14. The normalized spacial score (nSPS) is 16.4. The zero-order chi connectivity index (χ0) is 11.4. The van der Waals surface area contributed by atoms with Crippen LogP contribution < -0.4 is 16.2 Å². The van der Waals surface area contributed by atoms with Gasteiger partial charge in [0.25, 0.3) is 0 Å². The van der Waals surface area contributed by atoms with E-state index in [0.717, 1.165) is 18.2 Å². The van der Waals surface area contributed by atoms with E-state index in [2.05, 4.69) is 28.3 Å². The number of anilines is 2. The molecule has 4 nitrogen and oxygen atoms in total. The van der Waals surface area contributed by atoms with Gasteiger partial charge in [0.2, 0.25) is 0 Å². The lowest BCUT2D eigenvalue weighted by atomic mass is 10.2. The Labute approximate surface area is 96.8 Å². The molecular weight excluding hydrogens is 200 g/mol. The van der Waals surface area contributed by atoms with Crippen molar-refractivity contribution >= 4 is 11.6 Å². The van der Waals surface area contributed by atoms with Crippen LogP contribution in [0.3, 0.4) is 0 Å². The SMILES string of the molecule is CCN(c1cccc(NN)n1)C1CCCC1. The molecule has 16 heavy (non-hydrogen) atoms. The summed E-state index contributed by atoms with van der Waals surface area (Å²) in [6.45, 7) is 3.19. The number of hydrogen-bond acceptors (Lipinski definition) is 4. The van der Waals surface area contributed by atoms with Gasteiger partial charge in [0.1, 0.15) is 11.6 Å². The highest BCUT2D eigenvalue weighted by molar-refractivity contribution is 5.47. The number of nitrogen functional groups attached to an aromatic ring is 1. The van der Waals surface area contributed by atoms with Crippen LogP contribution in [0.2, 0.25) is 0 Å². The third-order valence-corrected chi connectivity index (χ3v) is 3.28. The molecular formula is C12H20N4. The van der Waals surface area contributed by atoms with Gasteiger partial charge in [-0.05, 0) is 31.9 Å². The monoisotopic (exact) mass is 220 g/mol. The topological polar surface area (TPSA) is 54.2 Å². The molecule has 0 spiro atoms. The number of nitrogens with two attached hydrogens (primary N) is 1. The number of nitrogens with one attached hydrogen (secondary N) is 1. The molecule has 1 aromatic heterocycles. The van der Waals surface area contributed by atoms with Crippen molar-refractivity contribution in [2.75, 3.05) is 16.9 Å². The van der Waals surface area contributed by atoms with E-state index in [-0.39, 0.29) is 0 Å². The van der Waals surface area contributed by atoms with Gasteiger partial charge in [0.15, 0.2) is 0 Å². The van der Waals surface area contributed by atoms with E-state index >= 15 is 0 Å². The van der Waals surface area contributed by atoms with Crippen molar-refractivity contribution in [3.8, 4) is 0 Å². The molecule has 0 amide bonds. The first-order chi connectivity index (χ1) is 7.85. The van der Waals surface area contributed by atoms with E-state index in [4.69, 9.17) is 5.84 Å². The van der Waals surface area contributed by atoms with E-state index in [0.29, 0.717) is 6.04 Å². The second-order valence-corrected chi connectivity index (χ2v) is 4.25. The maximum Gasteiger partial charge on any atom is 0.142 e. The van der Waals surface area contributed by atoms with Gasteiger partial charge in [-0.1, -0.05) is 18.9 Å². The van der Waals surface area contributed by atoms with Gasteiger partial charge < -0.3 is 10.3 Å². The number of nitrogens with zero attached hydrogens (tertiary/aromatic N) is 2. The average Bonchev–Trinajstić information content (AvgIpc) is 2.84. The Morgan fingerprint density at radius 2 is 2.19 bits per heavy atom. The Bertz CT molecular complexity index is 334. The minimum Gasteiger partial charge on any atom is -0.354 e. The van der Waals surface area contributed by atoms with Gasteiger partial charge in [0, 0.05) is 12.6 Å². The molecule has 0 aromatic carbocycles. The van der Waals surface area contributed by atoms with E-state index < -0.39 is 0 Å². The summed E-state index contributed by atoms with van der Waals surface area (Å²) in [7, 11) is 0. The molecule has 2 rings (SSSR count). The molecule has 88 valence electrons. The highest BCUT2D eigenvalue weighted by Crippen LogP contribution is 2.27. The largest absolute Gasteiger partial charge is 0.354 e. The molecule has 0 radical (unpaired) electrons. The van der Waals surface area contributed by atoms with Gasteiger partial charge in [-0.15, -0.1) is 0 Å². The molecule has 0 aliphatic heterocycles. The Balaban J connectivity index is 2.18. The van der Waals surface area contributed by atoms with Crippen molar-refractivity contribution in [1.82, 2.24) is 4.98 Å². The van der Waals surface area contributed by atoms with Crippen molar-refractivity contribution < 1.29 is 0 Å². The molecule has 1 aromatic rings. The van der Waals surface area contributed by atoms with Crippen LogP contribution in [0.15, 0.2) is 18.2 Å². The summed E-state index contributed by atoms with van der Waals surface area (Å²) in [6, 6.07) is 6.59. The molecule has 1 saturated carbocycles. The summed E-state index contributed by atoms with van der Waals surface area (Å²) in [5.74, 6) is 7.15. The Morgan fingerprint density at radius 1 is 1.44 bits per heavy atom. The summed E-state index contributed by atoms with van der Waals surface area (Å²) >= 11 is 0. The first kappa shape index (κ1) is 11.2. The molecule has 1 aliphatic carbocycles. The number of rotatable bonds is 4. The summed E-state index contributed by atoms with van der Waals surface area (Å²) in [5.41, 5.74) is 2.60. The fourth-order valence-electron chi connectivity index (χ4n) is 2.49. The minimum atomic E-state index is 0.658. The van der Waals surface area contributed by atoms with Crippen LogP contribution in [-0.2, 0) is 0 Å². The Morgan fingerprint density at radius 3 is 2.81 bits per heavy atom. The van der Waals surface area contributed by atoms with Gasteiger partial charge in [0.05, 0.1) is 0 Å². The van der Waals surface area contributed by atoms with Crippen molar-refractivity contribution in [3.05, 3.63) is 18.2 Å². The maximum atomic E-state index is 5.38. The van der Waals surface area contributed by atoms with Gasteiger partial charge in [-0.2, -0.15) is 0 Å². The summed E-state index contributed by atoms with van der Waals surface area (Å²) in [4.78, 5) is 6.88. The Hall–Kier alpha value is -1.29. The third kappa shape index (κ3) is 2.27. The number of hydrogen-bond donors (Lipinski definition) is 2. The first-order valence-corrected chi connectivity index (χ1v) is 6.05. The molecule has 4 heteroatoms. The molecule has 1 heterocycles. The van der Waals surface area contributed by atoms with Crippen molar-refractivity contribution in [3.63, 3.8) is 0 Å². The van der Waals surface area contributed by atoms with E-state index in [9.17, 15) is 0 Å². The van der Waals surface area contributed by atoms with Crippen molar-refractivity contribution in [1.29, 1.82) is 0 Å². The number of aromatic nitrogens is 1. The van der Waals surface area contributed by atoms with Crippen LogP contribution >= 0.6 is 0 Å². The number of hydrazine groups is 1. The maximum absolute atomic E-state index is 5.38. The molecule has 0 saturated heterocycles. The lowest BCUT2D eigenvalue weighted by Crippen LogP contribution is -2.33. The van der Waals surface area contributed by atoms with E-state index in [1.54, 1.807) is 0 Å². The molecule has 1 fully saturated rings. The van der Waals surface area contributed by atoms with Gasteiger partial charge >= 0.3 is 0 Å². The third-order valence-electron chi connectivity index (χ3n) is 3.28. The van der Waals surface area contributed by atoms with Crippen LogP contribution in [0, 0.1) is 0 Å². The van der Waals surface area contributed by atoms with E-state index in [1.807, 2.05) is 12.1 Å². The van der Waals surface area contributed by atoms with Gasteiger partial charge in [-0.25, -0.2) is 10.8 Å². The summed E-state index contributed by atoms with van der Waals surface area (Å²) in [6.07, 6.45) is 5.26. The fraction of sp³-hybridized carbons (Fsp3) is 0.583. The Kier molecular flexibility index (Phi) is 3.62. The van der Waals surface area contributed by atoms with Gasteiger partial charge in [-0.3, -0.25) is 0 Å². The summed E-state index contributed by atoms with van der Waals surface area (Å²) < 4.78 is 0. The van der Waals surface area contributed by atoms with Crippen molar-refractivity contribution in [2.24, 2.45) is 5.84 Å². The lowest BCUT2D eigenvalue weighted by molar-refractivity contribution is 0.613. The zero-order valence-corrected chi connectivity index (χ0v) is 9.82. The lowest BCUT2D eigenvalue weighted by Gasteiger charge is -2.28. The van der Waals surface area contributed by atoms with Crippen LogP contribution in [0.1, 0.15) is 32.6 Å². The molecule has 0 bridgehead atoms. The van der Waals surface area contributed by atoms with E-state index in [1.165, 1.54) is 25.7 Å². The smallest absolute Gasteiger partial charge is 0.142 e. The zero-order valence-electron chi connectivity index (χ0n) is 9.82. The second-order valence-electron chi connectivity index (χ2n) is 4.25. The van der Waals surface area contributed by atoms with Crippen molar-refractivity contribution in [2.45, 2.75) is 38.6 Å². The number of pyridine rings is 1. The second kappa shape index (κ2) is 5.16. The fourth-order valence-corrected chi connectivity index (χ4v) is 2.49. The van der Waals surface area contributed by atoms with Crippen LogP contribution in [0.4, 0.5) is 11.6 Å². The summed E-state index contributed by atoms with van der Waals surface area (Å²) in [5, 5.41) is 0. The van der Waals surface area contributed by atoms with Crippen LogP contribution in [0.25, 0.3) is 0 Å². The quantitative estimate of drug-likeness (QED) is 0.603. The highest BCUT2D eigenvalue weighted by atomic mass is 15.3. The average molecular weight is 220 g/mol. The molecule has 0 unspecified atom stereocenters. The minimum absolute atomic E-state index is 0.658. The standard InChI is InChI=1S/C12H20N4/c1-2-16(10-6-3-4-7-10)12-9-5-8-11(14-12)15-13/h5,8-10H,2-4,6-7,13H2,1H3,(H,14,15). The van der Waals surface area contributed by atoms with Crippen LogP contribution in [-0.4, -0.2) is 17.6 Å². The molecule has 1 aliphatic rings. The van der Waals surface area contributed by atoms with Crippen LogP contribution in [0.5, 0.6) is 0 Å². The predicted molar refractivity (Wildman–Crippen MR) is 67.3 cm³/mol. The molecule has 3 N–H and O–H groups in total. The highest BCUT2D eigenvalue weighted by Gasteiger charge is 2.22. The molecule has 0 atom stereocenters. The first-order valence-electron chi connectivity index (χ1n) is 6.05.